The topological polar surface area (TPSA) is 81.8 Å². The van der Waals surface area contributed by atoms with Gasteiger partial charge < -0.3 is 4.74 Å². The van der Waals surface area contributed by atoms with Gasteiger partial charge in [0.25, 0.3) is 5.69 Å². The molecule has 0 saturated heterocycles. The lowest BCUT2D eigenvalue weighted by molar-refractivity contribution is -0.384. The summed E-state index contributed by atoms with van der Waals surface area (Å²) in [5, 5.41) is 11.1. The summed E-state index contributed by atoms with van der Waals surface area (Å²) < 4.78 is 5.14. The number of nitro benzene ring substituents is 1. The molecule has 0 radical (unpaired) electrons. The highest BCUT2D eigenvalue weighted by Crippen LogP contribution is 2.27. The summed E-state index contributed by atoms with van der Waals surface area (Å²) >= 11 is 6.06. The van der Waals surface area contributed by atoms with E-state index in [4.69, 9.17) is 16.3 Å². The molecule has 0 amide bonds. The van der Waals surface area contributed by atoms with Gasteiger partial charge >= 0.3 is 5.97 Å². The minimum Gasteiger partial charge on any atom is -0.402 e. The lowest BCUT2D eigenvalue weighted by atomic mass is 10.1. The van der Waals surface area contributed by atoms with E-state index in [-0.39, 0.29) is 27.9 Å². The molecule has 6 nitrogen and oxygen atoms in total. The minimum atomic E-state index is -0.636. The molecule has 1 heterocycles. The van der Waals surface area contributed by atoms with Crippen LogP contribution in [0.3, 0.4) is 0 Å². The highest BCUT2D eigenvalue weighted by atomic mass is 35.5. The third-order valence-corrected chi connectivity index (χ3v) is 3.90. The van der Waals surface area contributed by atoms with E-state index in [0.29, 0.717) is 0 Å². The van der Waals surface area contributed by atoms with E-state index in [1.54, 1.807) is 6.08 Å². The maximum atomic E-state index is 12.1. The Morgan fingerprint density at radius 1 is 1.23 bits per heavy atom. The molecule has 0 N–H and O–H groups in total. The van der Waals surface area contributed by atoms with Crippen LogP contribution in [0.1, 0.15) is 18.1 Å². The first-order valence-corrected chi connectivity index (χ1v) is 8.02. The predicted molar refractivity (Wildman–Crippen MR) is 98.9 cm³/mol. The number of nitrogens with zero attached hydrogens (tertiary/aromatic N) is 2. The van der Waals surface area contributed by atoms with Gasteiger partial charge in [0.15, 0.2) is 5.70 Å². The lowest BCUT2D eigenvalue weighted by Gasteiger charge is -2.02. The number of allylic oxidation sites excluding steroid dienone is 2. The second kappa shape index (κ2) is 7.33. The summed E-state index contributed by atoms with van der Waals surface area (Å²) in [6.45, 7) is 1.83. The van der Waals surface area contributed by atoms with E-state index in [1.807, 2.05) is 43.3 Å². The molecule has 0 saturated carbocycles. The van der Waals surface area contributed by atoms with Crippen LogP contribution in [0, 0.1) is 10.1 Å². The van der Waals surface area contributed by atoms with Crippen molar-refractivity contribution < 1.29 is 14.5 Å². The highest BCUT2D eigenvalue weighted by Gasteiger charge is 2.27. The Labute approximate surface area is 154 Å². The molecule has 2 aromatic carbocycles. The molecule has 0 aromatic heterocycles. The number of cyclic esters (lactones) is 1. The molecule has 1 aliphatic heterocycles. The molecule has 1 aliphatic rings. The van der Waals surface area contributed by atoms with Crippen molar-refractivity contribution in [2.45, 2.75) is 6.92 Å². The van der Waals surface area contributed by atoms with Crippen molar-refractivity contribution in [1.82, 2.24) is 0 Å². The third-order valence-electron chi connectivity index (χ3n) is 3.57. The van der Waals surface area contributed by atoms with Gasteiger partial charge in [0.2, 0.25) is 5.90 Å². The average Bonchev–Trinajstić information content (AvgIpc) is 2.96. The molecule has 0 spiro atoms. The van der Waals surface area contributed by atoms with Crippen molar-refractivity contribution in [1.29, 1.82) is 0 Å². The van der Waals surface area contributed by atoms with Crippen LogP contribution >= 0.6 is 11.6 Å². The monoisotopic (exact) mass is 368 g/mol. The fraction of sp³-hybridized carbons (Fsp3) is 0.0526. The Bertz CT molecular complexity index is 978. The van der Waals surface area contributed by atoms with Crippen LogP contribution in [0.4, 0.5) is 5.69 Å². The Morgan fingerprint density at radius 2 is 1.96 bits per heavy atom. The van der Waals surface area contributed by atoms with Crippen molar-refractivity contribution in [2.24, 2.45) is 4.99 Å². The Kier molecular flexibility index (Phi) is 4.95. The number of carbonyl (C=O) groups is 1. The SMILES string of the molecule is CC(=Cc1ccccc1)C=C1N=C(c2cc([N+](=O)[O-])ccc2Cl)OC1=O. The average molecular weight is 369 g/mol. The van der Waals surface area contributed by atoms with E-state index in [1.165, 1.54) is 18.2 Å². The molecule has 3 rings (SSSR count). The number of ether oxygens (including phenoxy) is 1. The van der Waals surface area contributed by atoms with Crippen molar-refractivity contribution in [3.63, 3.8) is 0 Å². The predicted octanol–water partition coefficient (Wildman–Crippen LogP) is 4.54. The molecular weight excluding hydrogens is 356 g/mol. The lowest BCUT2D eigenvalue weighted by Crippen LogP contribution is -2.06. The quantitative estimate of drug-likeness (QED) is 0.343. The molecule has 2 aromatic rings. The van der Waals surface area contributed by atoms with Gasteiger partial charge in [0.1, 0.15) is 0 Å². The first-order chi connectivity index (χ1) is 12.4. The van der Waals surface area contributed by atoms with Gasteiger partial charge in [-0.25, -0.2) is 9.79 Å². The summed E-state index contributed by atoms with van der Waals surface area (Å²) in [4.78, 5) is 26.6. The zero-order chi connectivity index (χ0) is 18.7. The van der Waals surface area contributed by atoms with E-state index >= 15 is 0 Å². The number of aliphatic imine (C=N–C) groups is 1. The molecule has 0 bridgehead atoms. The maximum absolute atomic E-state index is 12.1. The number of hydrogen-bond acceptors (Lipinski definition) is 5. The fourth-order valence-electron chi connectivity index (χ4n) is 2.38. The highest BCUT2D eigenvalue weighted by molar-refractivity contribution is 6.34. The number of non-ortho nitro benzene ring substituents is 1. The van der Waals surface area contributed by atoms with Crippen LogP contribution in [-0.4, -0.2) is 16.8 Å². The largest absolute Gasteiger partial charge is 0.402 e. The molecular formula is C19H13ClN2O4. The van der Waals surface area contributed by atoms with Gasteiger partial charge in [-0.1, -0.05) is 48.0 Å². The number of rotatable bonds is 4. The van der Waals surface area contributed by atoms with Crippen LogP contribution in [0.2, 0.25) is 5.02 Å². The first kappa shape index (κ1) is 17.6. The van der Waals surface area contributed by atoms with Gasteiger partial charge in [-0.15, -0.1) is 0 Å². The summed E-state index contributed by atoms with van der Waals surface area (Å²) in [6, 6.07) is 13.5. The zero-order valence-electron chi connectivity index (χ0n) is 13.7. The van der Waals surface area contributed by atoms with Crippen LogP contribution in [0.25, 0.3) is 6.08 Å². The normalized spacial score (nSPS) is 15.8. The van der Waals surface area contributed by atoms with E-state index < -0.39 is 10.9 Å². The fourth-order valence-corrected chi connectivity index (χ4v) is 2.58. The number of esters is 1. The molecule has 7 heteroatoms. The standard InChI is InChI=1S/C19H13ClN2O4/c1-12(9-13-5-3-2-4-6-13)10-17-19(23)26-18(21-17)15-11-14(22(24)25)7-8-16(15)20/h2-11H,1H3. The number of benzene rings is 2. The molecule has 0 atom stereocenters. The Hall–Kier alpha value is -3.25. The zero-order valence-corrected chi connectivity index (χ0v) is 14.4. The number of carbonyl (C=O) groups excluding carboxylic acids is 1. The van der Waals surface area contributed by atoms with E-state index in [0.717, 1.165) is 11.1 Å². The van der Waals surface area contributed by atoms with Crippen molar-refractivity contribution in [3.8, 4) is 0 Å². The third kappa shape index (κ3) is 3.87. The van der Waals surface area contributed by atoms with Crippen molar-refractivity contribution in [2.75, 3.05) is 0 Å². The summed E-state index contributed by atoms with van der Waals surface area (Å²) in [5.41, 5.74) is 1.92. The van der Waals surface area contributed by atoms with Gasteiger partial charge in [-0.2, -0.15) is 0 Å². The van der Waals surface area contributed by atoms with Crippen LogP contribution in [-0.2, 0) is 9.53 Å². The van der Waals surface area contributed by atoms with Gasteiger partial charge in [0.05, 0.1) is 15.5 Å². The minimum absolute atomic E-state index is 0.0533. The Morgan fingerprint density at radius 3 is 2.65 bits per heavy atom. The van der Waals surface area contributed by atoms with E-state index in [9.17, 15) is 14.9 Å². The van der Waals surface area contributed by atoms with E-state index in [2.05, 4.69) is 4.99 Å². The van der Waals surface area contributed by atoms with Gasteiger partial charge in [0, 0.05) is 12.1 Å². The van der Waals surface area contributed by atoms with Crippen LogP contribution < -0.4 is 0 Å². The molecule has 130 valence electrons. The van der Waals surface area contributed by atoms with Gasteiger partial charge in [-0.3, -0.25) is 10.1 Å². The molecule has 26 heavy (non-hydrogen) atoms. The van der Waals surface area contributed by atoms with Crippen LogP contribution in [0.5, 0.6) is 0 Å². The van der Waals surface area contributed by atoms with Crippen LogP contribution in [0.15, 0.2) is 70.9 Å². The second-order valence-electron chi connectivity index (χ2n) is 5.56. The molecule has 0 aliphatic carbocycles. The number of nitro groups is 1. The number of hydrogen-bond donors (Lipinski definition) is 0. The summed E-state index contributed by atoms with van der Waals surface area (Å²) in [5.74, 6) is -0.689. The van der Waals surface area contributed by atoms with Crippen molar-refractivity contribution in [3.05, 3.63) is 92.1 Å². The smallest absolute Gasteiger partial charge is 0.363 e. The summed E-state index contributed by atoms with van der Waals surface area (Å²) in [6.07, 6.45) is 3.49. The second-order valence-corrected chi connectivity index (χ2v) is 5.96. The number of halogens is 1. The maximum Gasteiger partial charge on any atom is 0.363 e. The van der Waals surface area contributed by atoms with Crippen molar-refractivity contribution >= 4 is 35.2 Å². The summed E-state index contributed by atoms with van der Waals surface area (Å²) in [7, 11) is 0. The first-order valence-electron chi connectivity index (χ1n) is 7.64. The molecule has 0 fully saturated rings. The van der Waals surface area contributed by atoms with Gasteiger partial charge in [-0.05, 0) is 30.2 Å². The Balaban J connectivity index is 1.93. The molecule has 0 unspecified atom stereocenters.